The molecule has 0 N–H and O–H groups in total. The zero-order valence-corrected chi connectivity index (χ0v) is 8.25. The van der Waals surface area contributed by atoms with Crippen molar-refractivity contribution >= 4 is 0 Å². The first kappa shape index (κ1) is 9.44. The van der Waals surface area contributed by atoms with Crippen molar-refractivity contribution in [1.29, 1.82) is 0 Å². The monoisotopic (exact) mass is 186 g/mol. The van der Waals surface area contributed by atoms with Crippen LogP contribution in [0.4, 0.5) is 0 Å². The fraction of sp³-hybridized carbons (Fsp3) is 1.00. The summed E-state index contributed by atoms with van der Waals surface area (Å²) in [5.41, 5.74) is 0.0695. The van der Waals surface area contributed by atoms with E-state index in [1.165, 1.54) is 6.42 Å². The highest BCUT2D eigenvalue weighted by atomic mass is 16.6. The van der Waals surface area contributed by atoms with Crippen LogP contribution in [-0.2, 0) is 14.2 Å². The predicted molar refractivity (Wildman–Crippen MR) is 48.8 cm³/mol. The van der Waals surface area contributed by atoms with Crippen molar-refractivity contribution in [2.24, 2.45) is 0 Å². The van der Waals surface area contributed by atoms with Gasteiger partial charge in [0.05, 0.1) is 25.4 Å². The van der Waals surface area contributed by atoms with Gasteiger partial charge in [0.1, 0.15) is 6.10 Å². The Morgan fingerprint density at radius 3 is 2.92 bits per heavy atom. The second-order valence-corrected chi connectivity index (χ2v) is 3.95. The van der Waals surface area contributed by atoms with E-state index in [1.54, 1.807) is 0 Å². The minimum atomic E-state index is 0.0695. The maximum Gasteiger partial charge on any atom is 0.105 e. The maximum atomic E-state index is 5.96. The second-order valence-electron chi connectivity index (χ2n) is 3.95. The molecule has 3 heteroatoms. The molecule has 1 heterocycles. The Morgan fingerprint density at radius 1 is 1.46 bits per heavy atom. The highest BCUT2D eigenvalue weighted by Crippen LogP contribution is 2.38. The van der Waals surface area contributed by atoms with E-state index >= 15 is 0 Å². The van der Waals surface area contributed by atoms with Crippen molar-refractivity contribution < 1.29 is 14.2 Å². The Bertz CT molecular complexity index is 166. The van der Waals surface area contributed by atoms with Crippen LogP contribution in [0.5, 0.6) is 0 Å². The van der Waals surface area contributed by atoms with E-state index in [0.717, 1.165) is 26.1 Å². The lowest BCUT2D eigenvalue weighted by Crippen LogP contribution is -2.53. The SMILES string of the molecule is CCOCC1COCC2(CCC2)O1. The summed E-state index contributed by atoms with van der Waals surface area (Å²) < 4.78 is 16.8. The molecule has 1 atom stereocenters. The quantitative estimate of drug-likeness (QED) is 0.666. The molecule has 1 aliphatic carbocycles. The molecule has 1 saturated heterocycles. The summed E-state index contributed by atoms with van der Waals surface area (Å²) in [7, 11) is 0. The molecule has 0 radical (unpaired) electrons. The lowest BCUT2D eigenvalue weighted by Gasteiger charge is -2.46. The van der Waals surface area contributed by atoms with E-state index in [1.807, 2.05) is 6.92 Å². The van der Waals surface area contributed by atoms with Crippen LogP contribution < -0.4 is 0 Å². The smallest absolute Gasteiger partial charge is 0.105 e. The molecule has 0 aromatic heterocycles. The van der Waals surface area contributed by atoms with Gasteiger partial charge in [-0.1, -0.05) is 0 Å². The normalized spacial score (nSPS) is 31.6. The van der Waals surface area contributed by atoms with Crippen LogP contribution in [0.25, 0.3) is 0 Å². The van der Waals surface area contributed by atoms with E-state index in [0.29, 0.717) is 13.2 Å². The average Bonchev–Trinajstić information content (AvgIpc) is 2.13. The van der Waals surface area contributed by atoms with E-state index < -0.39 is 0 Å². The average molecular weight is 186 g/mol. The zero-order chi connectivity index (χ0) is 9.15. The summed E-state index contributed by atoms with van der Waals surface area (Å²) in [5, 5.41) is 0. The minimum Gasteiger partial charge on any atom is -0.379 e. The topological polar surface area (TPSA) is 27.7 Å². The summed E-state index contributed by atoms with van der Waals surface area (Å²) in [6.07, 6.45) is 3.77. The van der Waals surface area contributed by atoms with Gasteiger partial charge in [-0.25, -0.2) is 0 Å². The first-order chi connectivity index (χ1) is 6.35. The molecule has 13 heavy (non-hydrogen) atoms. The Hall–Kier alpha value is -0.120. The molecule has 1 saturated carbocycles. The summed E-state index contributed by atoms with van der Waals surface area (Å²) in [4.78, 5) is 0. The Morgan fingerprint density at radius 2 is 2.31 bits per heavy atom. The summed E-state index contributed by atoms with van der Waals surface area (Å²) in [5.74, 6) is 0. The molecular weight excluding hydrogens is 168 g/mol. The van der Waals surface area contributed by atoms with Crippen molar-refractivity contribution in [2.45, 2.75) is 37.9 Å². The van der Waals surface area contributed by atoms with Gasteiger partial charge in [0.25, 0.3) is 0 Å². The minimum absolute atomic E-state index is 0.0695. The number of rotatable bonds is 3. The summed E-state index contributed by atoms with van der Waals surface area (Å²) >= 11 is 0. The molecule has 1 spiro atoms. The van der Waals surface area contributed by atoms with E-state index in [4.69, 9.17) is 14.2 Å². The van der Waals surface area contributed by atoms with Crippen molar-refractivity contribution in [3.8, 4) is 0 Å². The summed E-state index contributed by atoms with van der Waals surface area (Å²) in [6, 6.07) is 0. The first-order valence-corrected chi connectivity index (χ1v) is 5.18. The highest BCUT2D eigenvalue weighted by molar-refractivity contribution is 4.92. The van der Waals surface area contributed by atoms with Gasteiger partial charge in [0.2, 0.25) is 0 Å². The molecule has 1 unspecified atom stereocenters. The van der Waals surface area contributed by atoms with Crippen molar-refractivity contribution in [3.05, 3.63) is 0 Å². The Balaban J connectivity index is 1.78. The van der Waals surface area contributed by atoms with Crippen molar-refractivity contribution in [3.63, 3.8) is 0 Å². The van der Waals surface area contributed by atoms with Gasteiger partial charge in [-0.3, -0.25) is 0 Å². The lowest BCUT2D eigenvalue weighted by atomic mass is 9.80. The first-order valence-electron chi connectivity index (χ1n) is 5.18. The molecule has 1 aliphatic heterocycles. The molecule has 2 fully saturated rings. The lowest BCUT2D eigenvalue weighted by molar-refractivity contribution is -0.238. The molecule has 0 aromatic rings. The van der Waals surface area contributed by atoms with Crippen LogP contribution in [0, 0.1) is 0 Å². The van der Waals surface area contributed by atoms with Crippen LogP contribution in [-0.4, -0.2) is 38.1 Å². The van der Waals surface area contributed by atoms with Crippen LogP contribution in [0.3, 0.4) is 0 Å². The van der Waals surface area contributed by atoms with E-state index in [9.17, 15) is 0 Å². The van der Waals surface area contributed by atoms with E-state index in [2.05, 4.69) is 0 Å². The Kier molecular flexibility index (Phi) is 2.86. The molecule has 2 aliphatic rings. The molecule has 0 amide bonds. The van der Waals surface area contributed by atoms with Gasteiger partial charge < -0.3 is 14.2 Å². The molecule has 76 valence electrons. The van der Waals surface area contributed by atoms with Gasteiger partial charge in [-0.2, -0.15) is 0 Å². The Labute approximate surface area is 79.4 Å². The third-order valence-electron chi connectivity index (χ3n) is 2.86. The number of hydrogen-bond acceptors (Lipinski definition) is 3. The number of ether oxygens (including phenoxy) is 3. The number of hydrogen-bond donors (Lipinski definition) is 0. The van der Waals surface area contributed by atoms with Crippen molar-refractivity contribution in [2.75, 3.05) is 26.4 Å². The standard InChI is InChI=1S/C10H18O3/c1-2-11-6-9-7-12-8-10(13-9)4-3-5-10/h9H,2-8H2,1H3. The molecule has 0 bridgehead atoms. The van der Waals surface area contributed by atoms with Crippen molar-refractivity contribution in [1.82, 2.24) is 0 Å². The predicted octanol–water partition coefficient (Wildman–Crippen LogP) is 1.36. The van der Waals surface area contributed by atoms with Gasteiger partial charge in [-0.05, 0) is 26.2 Å². The fourth-order valence-corrected chi connectivity index (χ4v) is 1.96. The van der Waals surface area contributed by atoms with Gasteiger partial charge >= 0.3 is 0 Å². The van der Waals surface area contributed by atoms with Crippen LogP contribution in [0.1, 0.15) is 26.2 Å². The molecule has 3 nitrogen and oxygen atoms in total. The van der Waals surface area contributed by atoms with Gasteiger partial charge in [0.15, 0.2) is 0 Å². The zero-order valence-electron chi connectivity index (χ0n) is 8.25. The third kappa shape index (κ3) is 2.03. The van der Waals surface area contributed by atoms with Crippen LogP contribution in [0.15, 0.2) is 0 Å². The second kappa shape index (κ2) is 3.95. The van der Waals surface area contributed by atoms with Gasteiger partial charge in [-0.15, -0.1) is 0 Å². The third-order valence-corrected chi connectivity index (χ3v) is 2.86. The maximum absolute atomic E-state index is 5.96. The van der Waals surface area contributed by atoms with Crippen LogP contribution >= 0.6 is 0 Å². The van der Waals surface area contributed by atoms with E-state index in [-0.39, 0.29) is 11.7 Å². The van der Waals surface area contributed by atoms with Gasteiger partial charge in [0, 0.05) is 6.61 Å². The fourth-order valence-electron chi connectivity index (χ4n) is 1.96. The van der Waals surface area contributed by atoms with Crippen LogP contribution in [0.2, 0.25) is 0 Å². The molecule has 2 rings (SSSR count). The highest BCUT2D eigenvalue weighted by Gasteiger charge is 2.43. The molecule has 0 aromatic carbocycles. The summed E-state index contributed by atoms with van der Waals surface area (Å²) in [6.45, 7) is 4.92. The largest absolute Gasteiger partial charge is 0.379 e. The molecular formula is C10H18O3.